The molecule has 0 spiro atoms. The molecule has 0 aliphatic rings. The van der Waals surface area contributed by atoms with E-state index in [0.29, 0.717) is 46.1 Å². The highest BCUT2D eigenvalue weighted by Crippen LogP contribution is 2.25. The Kier molecular flexibility index (Phi) is 19.0. The number of anilines is 7. The number of aromatic nitrogens is 9. The van der Waals surface area contributed by atoms with E-state index < -0.39 is 0 Å². The minimum atomic E-state index is 0.178. The topological polar surface area (TPSA) is 230 Å². The summed E-state index contributed by atoms with van der Waals surface area (Å²) in [5.41, 5.74) is 13.5. The normalized spacial score (nSPS) is 10.5. The van der Waals surface area contributed by atoms with Gasteiger partial charge in [0.1, 0.15) is 39.1 Å². The van der Waals surface area contributed by atoms with Crippen LogP contribution in [0.4, 0.5) is 40.3 Å². The number of fused-ring (bicyclic) bond motifs is 3. The lowest BCUT2D eigenvalue weighted by Crippen LogP contribution is -2.21. The van der Waals surface area contributed by atoms with Gasteiger partial charge in [-0.25, -0.2) is 39.9 Å². The first-order chi connectivity index (χ1) is 33.8. The average molecular weight is 1010 g/mol. The van der Waals surface area contributed by atoms with Gasteiger partial charge in [-0.05, 0) is 110 Å². The zero-order chi connectivity index (χ0) is 50.0. The molecule has 0 atom stereocenters. The minimum Gasteiger partial charge on any atom is -0.497 e. The van der Waals surface area contributed by atoms with Crippen LogP contribution in [0.1, 0.15) is 38.4 Å². The van der Waals surface area contributed by atoms with Crippen LogP contribution in [0.3, 0.4) is 0 Å². The quantitative estimate of drug-likeness (QED) is 0.0567. The highest BCUT2D eigenvalue weighted by molar-refractivity contribution is 6.31. The van der Waals surface area contributed by atoms with Gasteiger partial charge in [0.15, 0.2) is 34.4 Å². The number of hydrogen-bond acceptors (Lipinski definition) is 18. The van der Waals surface area contributed by atoms with Crippen LogP contribution in [0.2, 0.25) is 15.7 Å². The Morgan fingerprint density at radius 2 is 1.01 bits per heavy atom. The van der Waals surface area contributed by atoms with E-state index in [9.17, 15) is 0 Å². The van der Waals surface area contributed by atoms with E-state index in [1.54, 1.807) is 43.8 Å². The van der Waals surface area contributed by atoms with Crippen molar-refractivity contribution in [2.75, 3.05) is 48.4 Å². The number of methoxy groups -OCH3 is 1. The van der Waals surface area contributed by atoms with Gasteiger partial charge in [0.2, 0.25) is 16.5 Å². The van der Waals surface area contributed by atoms with Gasteiger partial charge in [-0.2, -0.15) is 4.98 Å². The van der Waals surface area contributed by atoms with Crippen molar-refractivity contribution in [2.45, 2.75) is 41.5 Å². The monoisotopic (exact) mass is 1000 g/mol. The maximum atomic E-state index is 5.72. The fourth-order valence-corrected chi connectivity index (χ4v) is 6.77. The van der Waals surface area contributed by atoms with Crippen LogP contribution in [0.25, 0.3) is 33.3 Å². The maximum absolute atomic E-state index is 5.72. The fraction of sp³-hybridized carbons (Fsp3) is 0.204. The SMILES string of the molecule is CCN(CC)CC.COc1cccc(Nc2nccc(Nc3ccc4nc(C)oc4c3)n2)c1.Cc1nc2ccc(N)cc2o1.Cc1nc2ccc(Nc3ccnc(Cl)n3)cc2o1.Clc1ccnc(Cl)n1. The maximum Gasteiger partial charge on any atom is 0.229 e. The Balaban J connectivity index is 0.000000158. The first-order valence-electron chi connectivity index (χ1n) is 21.8. The van der Waals surface area contributed by atoms with Crippen LogP contribution >= 0.6 is 34.8 Å². The van der Waals surface area contributed by atoms with E-state index >= 15 is 0 Å². The molecule has 5 N–H and O–H groups in total. The lowest BCUT2D eigenvalue weighted by Gasteiger charge is -2.13. The first-order valence-corrected chi connectivity index (χ1v) is 22.9. The van der Waals surface area contributed by atoms with Crippen LogP contribution < -0.4 is 26.4 Å². The van der Waals surface area contributed by atoms with Crippen LogP contribution in [-0.2, 0) is 0 Å². The predicted octanol–water partition coefficient (Wildman–Crippen LogP) is 12.6. The molecule has 6 heterocycles. The summed E-state index contributed by atoms with van der Waals surface area (Å²) < 4.78 is 21.5. The number of nitrogens with zero attached hydrogens (tertiary/aromatic N) is 10. The Morgan fingerprint density at radius 3 is 1.50 bits per heavy atom. The van der Waals surface area contributed by atoms with Gasteiger partial charge in [0, 0.05) is 86.4 Å². The lowest BCUT2D eigenvalue weighted by molar-refractivity contribution is 0.321. The van der Waals surface area contributed by atoms with E-state index in [4.69, 9.17) is 58.5 Å². The Morgan fingerprint density at radius 1 is 0.529 bits per heavy atom. The zero-order valence-electron chi connectivity index (χ0n) is 39.4. The third kappa shape index (κ3) is 16.0. The molecule has 0 aliphatic heterocycles. The number of rotatable bonds is 10. The van der Waals surface area contributed by atoms with Crippen molar-refractivity contribution < 1.29 is 18.0 Å². The first kappa shape index (κ1) is 51.7. The zero-order valence-corrected chi connectivity index (χ0v) is 41.7. The molecule has 0 saturated heterocycles. The molecular weight excluding hydrogens is 955 g/mol. The number of nitrogens with one attached hydrogen (secondary N) is 3. The predicted molar refractivity (Wildman–Crippen MR) is 278 cm³/mol. The second-order valence-electron chi connectivity index (χ2n) is 14.6. The molecule has 18 nitrogen and oxygen atoms in total. The standard InChI is InChI=1S/C19H17N5O2.C12H9ClN4O.C8H8N2O.C6H15N.C4H2Cl2N2/c1-12-21-16-7-6-14(11-17(16)26-12)22-18-8-9-20-19(24-18)23-13-4-3-5-15(10-13)25-2;1-7-15-9-3-2-8(6-10(9)18-7)16-11-4-5-14-12(13)17-11;1-5-10-7-3-2-6(9)4-8(7)11-5;1-4-7(5-2)6-3;5-3-1-2-7-4(6)8-3/h3-11H,1-2H3,(H2,20,22,23,24);2-6H,1H3,(H,14,16,17);2-4H,9H2,1H3;4-6H2,1-3H3;1-2H. The third-order valence-electron chi connectivity index (χ3n) is 9.60. The number of oxazole rings is 3. The van der Waals surface area contributed by atoms with E-state index in [0.717, 1.165) is 56.1 Å². The van der Waals surface area contributed by atoms with E-state index in [-0.39, 0.29) is 10.6 Å². The average Bonchev–Trinajstić information content (AvgIpc) is 4.03. The molecule has 4 aromatic carbocycles. The summed E-state index contributed by atoms with van der Waals surface area (Å²) in [7, 11) is 1.63. The number of nitrogen functional groups attached to an aromatic ring is 1. The molecular formula is C49H51Cl3N14O4. The molecule has 70 heavy (non-hydrogen) atoms. The molecule has 0 radical (unpaired) electrons. The van der Waals surface area contributed by atoms with Gasteiger partial charge in [-0.15, -0.1) is 0 Å². The Hall–Kier alpha value is -7.64. The molecule has 362 valence electrons. The molecule has 0 aliphatic carbocycles. The van der Waals surface area contributed by atoms with E-state index in [2.05, 4.69) is 86.5 Å². The van der Waals surface area contributed by atoms with Crippen molar-refractivity contribution in [2.24, 2.45) is 0 Å². The van der Waals surface area contributed by atoms with Crippen LogP contribution in [0.15, 0.2) is 129 Å². The van der Waals surface area contributed by atoms with Gasteiger partial charge >= 0.3 is 0 Å². The van der Waals surface area contributed by atoms with E-state index in [1.165, 1.54) is 25.8 Å². The van der Waals surface area contributed by atoms with Crippen LogP contribution in [0, 0.1) is 20.8 Å². The van der Waals surface area contributed by atoms with Crippen molar-refractivity contribution in [3.63, 3.8) is 0 Å². The van der Waals surface area contributed by atoms with E-state index in [1.807, 2.05) is 93.6 Å². The molecule has 6 aromatic heterocycles. The number of halogens is 3. The second kappa shape index (κ2) is 25.6. The molecule has 0 amide bonds. The smallest absolute Gasteiger partial charge is 0.229 e. The van der Waals surface area contributed by atoms with Crippen molar-refractivity contribution >= 4 is 108 Å². The summed E-state index contributed by atoms with van der Waals surface area (Å²) >= 11 is 16.5. The van der Waals surface area contributed by atoms with Gasteiger partial charge < -0.3 is 44.6 Å². The molecule has 21 heteroatoms. The fourth-order valence-electron chi connectivity index (χ4n) is 6.30. The Bertz CT molecular complexity index is 3210. The van der Waals surface area contributed by atoms with Crippen molar-refractivity contribution in [3.8, 4) is 5.75 Å². The third-order valence-corrected chi connectivity index (χ3v) is 10.2. The molecule has 10 rings (SSSR count). The van der Waals surface area contributed by atoms with Crippen molar-refractivity contribution in [1.82, 2.24) is 49.8 Å². The summed E-state index contributed by atoms with van der Waals surface area (Å²) in [6.45, 7) is 15.6. The molecule has 0 bridgehead atoms. The number of hydrogen-bond donors (Lipinski definition) is 4. The number of nitrogens with two attached hydrogens (primary N) is 1. The summed E-state index contributed by atoms with van der Waals surface area (Å²) in [6, 6.07) is 29.5. The summed E-state index contributed by atoms with van der Waals surface area (Å²) in [4.78, 5) is 38.8. The molecule has 0 unspecified atom stereocenters. The van der Waals surface area contributed by atoms with Gasteiger partial charge in [-0.1, -0.05) is 38.4 Å². The van der Waals surface area contributed by atoms with Gasteiger partial charge in [0.05, 0.1) is 7.11 Å². The van der Waals surface area contributed by atoms with Gasteiger partial charge in [-0.3, -0.25) is 0 Å². The minimum absolute atomic E-state index is 0.178. The van der Waals surface area contributed by atoms with Crippen LogP contribution in [-0.4, -0.2) is 76.5 Å². The Labute approximate surface area is 419 Å². The second-order valence-corrected chi connectivity index (χ2v) is 15.7. The summed E-state index contributed by atoms with van der Waals surface area (Å²) in [5, 5.41) is 10.3. The molecule has 10 aromatic rings. The number of ether oxygens (including phenoxy) is 1. The number of benzene rings is 4. The summed E-state index contributed by atoms with van der Waals surface area (Å²) in [5.74, 6) is 4.51. The highest BCUT2D eigenvalue weighted by Gasteiger charge is 2.07. The van der Waals surface area contributed by atoms with Gasteiger partial charge in [0.25, 0.3) is 0 Å². The van der Waals surface area contributed by atoms with Crippen molar-refractivity contribution in [3.05, 3.63) is 149 Å². The molecule has 0 saturated carbocycles. The van der Waals surface area contributed by atoms with Crippen molar-refractivity contribution in [1.29, 1.82) is 0 Å². The van der Waals surface area contributed by atoms with Crippen LogP contribution in [0.5, 0.6) is 5.75 Å². The largest absolute Gasteiger partial charge is 0.497 e. The number of aryl methyl sites for hydroxylation is 3. The molecule has 0 fully saturated rings. The highest BCUT2D eigenvalue weighted by atomic mass is 35.5. The lowest BCUT2D eigenvalue weighted by atomic mass is 10.3. The summed E-state index contributed by atoms with van der Waals surface area (Å²) in [6.07, 6.45) is 4.78.